The van der Waals surface area contributed by atoms with E-state index in [0.717, 1.165) is 5.56 Å². The molecule has 0 bridgehead atoms. The zero-order valence-electron chi connectivity index (χ0n) is 12.1. The molecule has 0 spiro atoms. The second-order valence-electron chi connectivity index (χ2n) is 5.76. The first kappa shape index (κ1) is 15.6. The molecule has 1 aromatic rings. The third-order valence-electron chi connectivity index (χ3n) is 3.99. The van der Waals surface area contributed by atoms with E-state index in [0.29, 0.717) is 18.0 Å². The van der Waals surface area contributed by atoms with Gasteiger partial charge >= 0.3 is 12.0 Å². The number of halogens is 1. The minimum Gasteiger partial charge on any atom is -0.481 e. The van der Waals surface area contributed by atoms with Gasteiger partial charge in [0.15, 0.2) is 0 Å². The lowest BCUT2D eigenvalue weighted by atomic mass is 9.90. The Morgan fingerprint density at radius 2 is 2.00 bits per heavy atom. The van der Waals surface area contributed by atoms with Gasteiger partial charge < -0.3 is 15.3 Å². The van der Waals surface area contributed by atoms with E-state index < -0.39 is 11.4 Å². The van der Waals surface area contributed by atoms with E-state index in [-0.39, 0.29) is 18.6 Å². The number of nitrogens with one attached hydrogen (secondary N) is 1. The molecule has 0 aliphatic carbocycles. The maximum Gasteiger partial charge on any atom is 0.317 e. The Kier molecular flexibility index (Phi) is 4.42. The van der Waals surface area contributed by atoms with E-state index in [2.05, 4.69) is 5.32 Å². The number of amides is 2. The topological polar surface area (TPSA) is 69.6 Å². The highest BCUT2D eigenvalue weighted by Crippen LogP contribution is 2.30. The SMILES string of the molecule is CC(NC(=O)N1CCC(C)(C(=O)O)C1)c1ccc(Cl)cc1. The van der Waals surface area contributed by atoms with Crippen molar-refractivity contribution < 1.29 is 14.7 Å². The summed E-state index contributed by atoms with van der Waals surface area (Å²) in [4.78, 5) is 25.0. The molecule has 6 heteroatoms. The van der Waals surface area contributed by atoms with Gasteiger partial charge in [-0.05, 0) is 38.0 Å². The second kappa shape index (κ2) is 5.93. The molecular weight excluding hydrogens is 292 g/mol. The molecule has 2 rings (SSSR count). The molecule has 1 fully saturated rings. The Balaban J connectivity index is 1.96. The summed E-state index contributed by atoms with van der Waals surface area (Å²) in [5.41, 5.74) is 0.105. The van der Waals surface area contributed by atoms with E-state index in [4.69, 9.17) is 11.6 Å². The van der Waals surface area contributed by atoms with E-state index in [9.17, 15) is 14.7 Å². The number of carboxylic acids is 1. The third kappa shape index (κ3) is 3.47. The lowest BCUT2D eigenvalue weighted by Crippen LogP contribution is -2.41. The van der Waals surface area contributed by atoms with Crippen LogP contribution in [0.15, 0.2) is 24.3 Å². The quantitative estimate of drug-likeness (QED) is 0.902. The normalized spacial score (nSPS) is 22.9. The minimum atomic E-state index is -0.858. The molecule has 1 saturated heterocycles. The van der Waals surface area contributed by atoms with Crippen LogP contribution in [0.2, 0.25) is 5.02 Å². The van der Waals surface area contributed by atoms with Crippen molar-refractivity contribution in [2.45, 2.75) is 26.3 Å². The fraction of sp³-hybridized carbons (Fsp3) is 0.467. The van der Waals surface area contributed by atoms with Gasteiger partial charge in [0.25, 0.3) is 0 Å². The summed E-state index contributed by atoms with van der Waals surface area (Å²) in [6, 6.07) is 6.87. The van der Waals surface area contributed by atoms with Gasteiger partial charge in [0.2, 0.25) is 0 Å². The van der Waals surface area contributed by atoms with E-state index in [1.165, 1.54) is 0 Å². The van der Waals surface area contributed by atoms with Crippen LogP contribution >= 0.6 is 11.6 Å². The Morgan fingerprint density at radius 1 is 1.38 bits per heavy atom. The van der Waals surface area contributed by atoms with Gasteiger partial charge in [-0.15, -0.1) is 0 Å². The van der Waals surface area contributed by atoms with Crippen LogP contribution in [0.25, 0.3) is 0 Å². The Labute approximate surface area is 128 Å². The molecule has 1 aliphatic rings. The van der Waals surface area contributed by atoms with Gasteiger partial charge in [0, 0.05) is 18.1 Å². The summed E-state index contributed by atoms with van der Waals surface area (Å²) in [6.45, 7) is 4.25. The average molecular weight is 311 g/mol. The van der Waals surface area contributed by atoms with E-state index in [1.807, 2.05) is 19.1 Å². The van der Waals surface area contributed by atoms with Crippen LogP contribution in [0.3, 0.4) is 0 Å². The minimum absolute atomic E-state index is 0.161. The standard InChI is InChI=1S/C15H19ClN2O3/c1-10(11-3-5-12(16)6-4-11)17-14(21)18-8-7-15(2,9-18)13(19)20/h3-6,10H,7-9H2,1-2H3,(H,17,21)(H,19,20). The van der Waals surface area contributed by atoms with Crippen LogP contribution in [0.5, 0.6) is 0 Å². The number of carbonyl (C=O) groups is 2. The number of rotatable bonds is 3. The highest BCUT2D eigenvalue weighted by atomic mass is 35.5. The summed E-state index contributed by atoms with van der Waals surface area (Å²) in [5.74, 6) is -0.858. The summed E-state index contributed by atoms with van der Waals surface area (Å²) in [6.07, 6.45) is 0.477. The number of hydrogen-bond acceptors (Lipinski definition) is 2. The predicted molar refractivity (Wildman–Crippen MR) is 80.3 cm³/mol. The molecule has 1 aliphatic heterocycles. The summed E-state index contributed by atoms with van der Waals surface area (Å²) < 4.78 is 0. The highest BCUT2D eigenvalue weighted by Gasteiger charge is 2.42. The number of hydrogen-bond donors (Lipinski definition) is 2. The number of benzene rings is 1. The number of likely N-dealkylation sites (tertiary alicyclic amines) is 1. The first-order valence-corrected chi connectivity index (χ1v) is 7.24. The van der Waals surface area contributed by atoms with Crippen molar-refractivity contribution in [1.82, 2.24) is 10.2 Å². The molecule has 1 aromatic carbocycles. The van der Waals surface area contributed by atoms with Gasteiger partial charge in [-0.1, -0.05) is 23.7 Å². The van der Waals surface area contributed by atoms with Crippen LogP contribution in [0, 0.1) is 5.41 Å². The van der Waals surface area contributed by atoms with Crippen LogP contribution in [-0.2, 0) is 4.79 Å². The highest BCUT2D eigenvalue weighted by molar-refractivity contribution is 6.30. The van der Waals surface area contributed by atoms with Crippen molar-refractivity contribution in [3.05, 3.63) is 34.9 Å². The summed E-state index contributed by atoms with van der Waals surface area (Å²) in [5, 5.41) is 12.7. The Bertz CT molecular complexity index is 546. The van der Waals surface area contributed by atoms with Gasteiger partial charge in [-0.3, -0.25) is 4.79 Å². The zero-order chi connectivity index (χ0) is 15.6. The number of nitrogens with zero attached hydrogens (tertiary/aromatic N) is 1. The van der Waals surface area contributed by atoms with Crippen LogP contribution in [0.4, 0.5) is 4.79 Å². The van der Waals surface area contributed by atoms with Gasteiger partial charge in [0.1, 0.15) is 0 Å². The lowest BCUT2D eigenvalue weighted by molar-refractivity contribution is -0.146. The fourth-order valence-corrected chi connectivity index (χ4v) is 2.55. The largest absolute Gasteiger partial charge is 0.481 e. The molecule has 1 heterocycles. The molecule has 114 valence electrons. The van der Waals surface area contributed by atoms with Crippen molar-refractivity contribution in [2.75, 3.05) is 13.1 Å². The maximum atomic E-state index is 12.2. The Hall–Kier alpha value is -1.75. The average Bonchev–Trinajstić information content (AvgIpc) is 2.83. The predicted octanol–water partition coefficient (Wildman–Crippen LogP) is 2.91. The number of carboxylic acid groups (broad SMARTS) is 1. The number of aliphatic carboxylic acids is 1. The smallest absolute Gasteiger partial charge is 0.317 e. The van der Waals surface area contributed by atoms with E-state index >= 15 is 0 Å². The first-order chi connectivity index (χ1) is 9.82. The molecule has 2 N–H and O–H groups in total. The molecule has 0 radical (unpaired) electrons. The van der Waals surface area contributed by atoms with Crippen LogP contribution in [-0.4, -0.2) is 35.1 Å². The molecule has 5 nitrogen and oxygen atoms in total. The molecule has 0 aromatic heterocycles. The van der Waals surface area contributed by atoms with Crippen molar-refractivity contribution in [3.63, 3.8) is 0 Å². The van der Waals surface area contributed by atoms with Crippen molar-refractivity contribution in [3.8, 4) is 0 Å². The fourth-order valence-electron chi connectivity index (χ4n) is 2.42. The van der Waals surface area contributed by atoms with Gasteiger partial charge in [0.05, 0.1) is 11.5 Å². The third-order valence-corrected chi connectivity index (χ3v) is 4.24. The lowest BCUT2D eigenvalue weighted by Gasteiger charge is -2.23. The monoisotopic (exact) mass is 310 g/mol. The van der Waals surface area contributed by atoms with E-state index in [1.54, 1.807) is 24.0 Å². The van der Waals surface area contributed by atoms with Gasteiger partial charge in [-0.2, -0.15) is 0 Å². The molecular formula is C15H19ClN2O3. The summed E-state index contributed by atoms with van der Waals surface area (Å²) >= 11 is 5.84. The number of urea groups is 1. The zero-order valence-corrected chi connectivity index (χ0v) is 12.9. The van der Waals surface area contributed by atoms with Crippen LogP contribution < -0.4 is 5.32 Å². The first-order valence-electron chi connectivity index (χ1n) is 6.86. The molecule has 2 amide bonds. The Morgan fingerprint density at radius 3 is 2.52 bits per heavy atom. The van der Waals surface area contributed by atoms with Crippen molar-refractivity contribution >= 4 is 23.6 Å². The van der Waals surface area contributed by atoms with Crippen LogP contribution in [0.1, 0.15) is 31.9 Å². The molecule has 0 saturated carbocycles. The van der Waals surface area contributed by atoms with Crippen molar-refractivity contribution in [2.24, 2.45) is 5.41 Å². The molecule has 2 atom stereocenters. The van der Waals surface area contributed by atoms with Crippen molar-refractivity contribution in [1.29, 1.82) is 0 Å². The number of carbonyl (C=O) groups excluding carboxylic acids is 1. The van der Waals surface area contributed by atoms with Gasteiger partial charge in [-0.25, -0.2) is 4.79 Å². The molecule has 21 heavy (non-hydrogen) atoms. The molecule has 2 unspecified atom stereocenters. The summed E-state index contributed by atoms with van der Waals surface area (Å²) in [7, 11) is 0. The maximum absolute atomic E-state index is 12.2. The second-order valence-corrected chi connectivity index (χ2v) is 6.20.